The topological polar surface area (TPSA) is 55.2 Å². The Hall–Kier alpha value is -1.37. The van der Waals surface area contributed by atoms with Crippen LogP contribution in [0.3, 0.4) is 0 Å². The fraction of sp³-hybridized carbons (Fsp3) is 0.400. The largest absolute Gasteiger partial charge is 0.272 e. The summed E-state index contributed by atoms with van der Waals surface area (Å²) >= 11 is 5.82. The second-order valence-electron chi connectivity index (χ2n) is 5.53. The number of nitrogens with zero attached hydrogens (tertiary/aromatic N) is 3. The molecule has 0 spiro atoms. The highest BCUT2D eigenvalue weighted by Gasteiger charge is 2.29. The molecule has 1 aliphatic heterocycles. The predicted octanol–water partition coefficient (Wildman–Crippen LogP) is 2.64. The summed E-state index contributed by atoms with van der Waals surface area (Å²) in [5.74, 6) is 0.469. The standard InChI is InChI=1S/C15H18ClN3O2S/c16-14-2-4-15(5-3-14)22(20,21)19-10-6-13(7-11-19)12-18-9-1-8-17-18/h1-5,8-9,13H,6-7,10-12H2. The number of aromatic nitrogens is 2. The van der Waals surface area contributed by atoms with Gasteiger partial charge in [-0.2, -0.15) is 9.40 Å². The summed E-state index contributed by atoms with van der Waals surface area (Å²) in [7, 11) is -3.41. The second kappa shape index (κ2) is 6.40. The Labute approximate surface area is 135 Å². The van der Waals surface area contributed by atoms with Crippen LogP contribution in [0.15, 0.2) is 47.6 Å². The Bertz CT molecular complexity index is 706. The van der Waals surface area contributed by atoms with Gasteiger partial charge in [0.15, 0.2) is 0 Å². The Balaban J connectivity index is 1.64. The lowest BCUT2D eigenvalue weighted by Gasteiger charge is -2.31. The molecular formula is C15H18ClN3O2S. The van der Waals surface area contributed by atoms with E-state index in [1.54, 1.807) is 34.8 Å². The monoisotopic (exact) mass is 339 g/mol. The highest BCUT2D eigenvalue weighted by molar-refractivity contribution is 7.89. The summed E-state index contributed by atoms with van der Waals surface area (Å²) in [4.78, 5) is 0.308. The van der Waals surface area contributed by atoms with Crippen LogP contribution >= 0.6 is 11.6 Å². The van der Waals surface area contributed by atoms with Crippen LogP contribution in [-0.2, 0) is 16.6 Å². The molecule has 3 rings (SSSR count). The van der Waals surface area contributed by atoms with E-state index in [0.29, 0.717) is 28.9 Å². The fourth-order valence-electron chi connectivity index (χ4n) is 2.76. The number of sulfonamides is 1. The zero-order valence-corrected chi connectivity index (χ0v) is 13.7. The lowest BCUT2D eigenvalue weighted by Crippen LogP contribution is -2.39. The zero-order chi connectivity index (χ0) is 15.6. The van der Waals surface area contributed by atoms with Crippen LogP contribution in [0.5, 0.6) is 0 Å². The maximum Gasteiger partial charge on any atom is 0.243 e. The molecule has 2 heterocycles. The second-order valence-corrected chi connectivity index (χ2v) is 7.90. The summed E-state index contributed by atoms with van der Waals surface area (Å²) in [6.07, 6.45) is 5.41. The van der Waals surface area contributed by atoms with Crippen molar-refractivity contribution < 1.29 is 8.42 Å². The molecule has 118 valence electrons. The van der Waals surface area contributed by atoms with Crippen LogP contribution in [0.4, 0.5) is 0 Å². The van der Waals surface area contributed by atoms with Gasteiger partial charge < -0.3 is 0 Å². The molecule has 0 aliphatic carbocycles. The van der Waals surface area contributed by atoms with Crippen molar-refractivity contribution in [3.8, 4) is 0 Å². The number of hydrogen-bond donors (Lipinski definition) is 0. The Morgan fingerprint density at radius 3 is 2.45 bits per heavy atom. The number of halogens is 1. The molecule has 0 bridgehead atoms. The zero-order valence-electron chi connectivity index (χ0n) is 12.1. The molecule has 0 amide bonds. The van der Waals surface area contributed by atoms with Crippen LogP contribution in [0.1, 0.15) is 12.8 Å². The Kier molecular flexibility index (Phi) is 4.52. The molecule has 0 N–H and O–H groups in total. The van der Waals surface area contributed by atoms with E-state index < -0.39 is 10.0 Å². The molecule has 5 nitrogen and oxygen atoms in total. The first-order chi connectivity index (χ1) is 10.6. The average Bonchev–Trinajstić information content (AvgIpc) is 3.01. The fourth-order valence-corrected chi connectivity index (χ4v) is 4.36. The van der Waals surface area contributed by atoms with Gasteiger partial charge >= 0.3 is 0 Å². The SMILES string of the molecule is O=S(=O)(c1ccc(Cl)cc1)N1CCC(Cn2cccn2)CC1. The van der Waals surface area contributed by atoms with Crippen molar-refractivity contribution >= 4 is 21.6 Å². The van der Waals surface area contributed by atoms with Crippen molar-refractivity contribution in [2.24, 2.45) is 5.92 Å². The van der Waals surface area contributed by atoms with E-state index in [-0.39, 0.29) is 0 Å². The van der Waals surface area contributed by atoms with Gasteiger partial charge in [0.1, 0.15) is 0 Å². The minimum absolute atomic E-state index is 0.308. The van der Waals surface area contributed by atoms with Crippen molar-refractivity contribution in [3.63, 3.8) is 0 Å². The normalized spacial score (nSPS) is 17.7. The van der Waals surface area contributed by atoms with Gasteiger partial charge in [-0.1, -0.05) is 11.6 Å². The van der Waals surface area contributed by atoms with Gasteiger partial charge in [-0.05, 0) is 49.1 Å². The molecule has 0 radical (unpaired) electrons. The maximum atomic E-state index is 12.6. The molecule has 2 aromatic rings. The first kappa shape index (κ1) is 15.5. The maximum absolute atomic E-state index is 12.6. The Morgan fingerprint density at radius 2 is 1.86 bits per heavy atom. The summed E-state index contributed by atoms with van der Waals surface area (Å²) in [6.45, 7) is 1.95. The minimum Gasteiger partial charge on any atom is -0.272 e. The van der Waals surface area contributed by atoms with Gasteiger partial charge in [0.2, 0.25) is 10.0 Å². The van der Waals surface area contributed by atoms with Crippen LogP contribution in [0.25, 0.3) is 0 Å². The third-order valence-corrected chi connectivity index (χ3v) is 6.19. The van der Waals surface area contributed by atoms with Gasteiger partial charge in [0.25, 0.3) is 0 Å². The van der Waals surface area contributed by atoms with E-state index in [2.05, 4.69) is 5.10 Å². The average molecular weight is 340 g/mol. The lowest BCUT2D eigenvalue weighted by atomic mass is 9.98. The number of rotatable bonds is 4. The molecule has 1 fully saturated rings. The third kappa shape index (κ3) is 3.34. The number of hydrogen-bond acceptors (Lipinski definition) is 3. The van der Waals surface area contributed by atoms with Crippen LogP contribution in [-0.4, -0.2) is 35.6 Å². The quantitative estimate of drug-likeness (QED) is 0.860. The van der Waals surface area contributed by atoms with Crippen molar-refractivity contribution in [2.75, 3.05) is 13.1 Å². The van der Waals surface area contributed by atoms with E-state index in [9.17, 15) is 8.42 Å². The molecule has 0 atom stereocenters. The van der Waals surface area contributed by atoms with Gasteiger partial charge in [0, 0.05) is 37.1 Å². The first-order valence-electron chi connectivity index (χ1n) is 7.29. The third-order valence-electron chi connectivity index (χ3n) is 4.03. The van der Waals surface area contributed by atoms with Crippen molar-refractivity contribution in [1.82, 2.24) is 14.1 Å². The molecule has 0 saturated carbocycles. The molecule has 0 unspecified atom stereocenters. The van der Waals surface area contributed by atoms with Crippen molar-refractivity contribution in [2.45, 2.75) is 24.3 Å². The van der Waals surface area contributed by atoms with Crippen LogP contribution in [0, 0.1) is 5.92 Å². The summed E-state index contributed by atoms with van der Waals surface area (Å²) in [6, 6.07) is 8.25. The molecule has 1 aromatic heterocycles. The van der Waals surface area contributed by atoms with E-state index in [0.717, 1.165) is 19.4 Å². The van der Waals surface area contributed by atoms with Gasteiger partial charge in [0.05, 0.1) is 4.90 Å². The van der Waals surface area contributed by atoms with E-state index >= 15 is 0 Å². The molecule has 22 heavy (non-hydrogen) atoms. The molecule has 1 aliphatic rings. The highest BCUT2D eigenvalue weighted by Crippen LogP contribution is 2.25. The smallest absolute Gasteiger partial charge is 0.243 e. The van der Waals surface area contributed by atoms with E-state index in [1.165, 1.54) is 0 Å². The summed E-state index contributed by atoms with van der Waals surface area (Å²) < 4.78 is 28.7. The lowest BCUT2D eigenvalue weighted by molar-refractivity contribution is 0.247. The summed E-state index contributed by atoms with van der Waals surface area (Å²) in [5.41, 5.74) is 0. The number of piperidine rings is 1. The molecular weight excluding hydrogens is 322 g/mol. The summed E-state index contributed by atoms with van der Waals surface area (Å²) in [5, 5.41) is 4.75. The van der Waals surface area contributed by atoms with Crippen molar-refractivity contribution in [3.05, 3.63) is 47.7 Å². The molecule has 1 saturated heterocycles. The molecule has 7 heteroatoms. The molecule has 1 aromatic carbocycles. The first-order valence-corrected chi connectivity index (χ1v) is 9.10. The van der Waals surface area contributed by atoms with E-state index in [4.69, 9.17) is 11.6 Å². The van der Waals surface area contributed by atoms with E-state index in [1.807, 2.05) is 16.9 Å². The van der Waals surface area contributed by atoms with Crippen LogP contribution in [0.2, 0.25) is 5.02 Å². The predicted molar refractivity (Wildman–Crippen MR) is 85.2 cm³/mol. The van der Waals surface area contributed by atoms with Crippen molar-refractivity contribution in [1.29, 1.82) is 0 Å². The van der Waals surface area contributed by atoms with Gasteiger partial charge in [-0.3, -0.25) is 4.68 Å². The van der Waals surface area contributed by atoms with Gasteiger partial charge in [-0.25, -0.2) is 8.42 Å². The minimum atomic E-state index is -3.41. The highest BCUT2D eigenvalue weighted by atomic mass is 35.5. The Morgan fingerprint density at radius 1 is 1.18 bits per heavy atom. The number of benzene rings is 1. The van der Waals surface area contributed by atoms with Gasteiger partial charge in [-0.15, -0.1) is 0 Å². The van der Waals surface area contributed by atoms with Crippen LogP contribution < -0.4 is 0 Å².